The maximum absolute atomic E-state index is 12.2. The largest absolute Gasteiger partial charge is 0.435 e. The van der Waals surface area contributed by atoms with Gasteiger partial charge in [0.1, 0.15) is 5.75 Å². The molecular weight excluding hydrogens is 388 g/mol. The maximum atomic E-state index is 12.2. The number of rotatable bonds is 8. The van der Waals surface area contributed by atoms with Gasteiger partial charge in [0.15, 0.2) is 0 Å². The molecule has 0 spiro atoms. The lowest BCUT2D eigenvalue weighted by Crippen LogP contribution is -2.23. The minimum absolute atomic E-state index is 0.113. The molecule has 0 fully saturated rings. The minimum atomic E-state index is -2.84. The van der Waals surface area contributed by atoms with Gasteiger partial charge in [-0.05, 0) is 56.2 Å². The average molecular weight is 411 g/mol. The van der Waals surface area contributed by atoms with Crippen LogP contribution >= 0.6 is 0 Å². The summed E-state index contributed by atoms with van der Waals surface area (Å²) in [6.45, 7) is 1.46. The number of nitrogens with zero attached hydrogens (tertiary/aromatic N) is 2. The normalized spacial score (nSPS) is 11.2. The van der Waals surface area contributed by atoms with Crippen LogP contribution in [0.15, 0.2) is 60.7 Å². The Balaban J connectivity index is 1.54. The Morgan fingerprint density at radius 2 is 1.83 bits per heavy atom. The van der Waals surface area contributed by atoms with Crippen molar-refractivity contribution in [2.45, 2.75) is 26.9 Å². The van der Waals surface area contributed by atoms with Gasteiger partial charge < -0.3 is 10.1 Å². The molecule has 1 amide bonds. The Morgan fingerprint density at radius 1 is 1.13 bits per heavy atom. The van der Waals surface area contributed by atoms with Crippen molar-refractivity contribution in [3.05, 3.63) is 83.2 Å². The van der Waals surface area contributed by atoms with Crippen molar-refractivity contribution < 1.29 is 18.3 Å². The zero-order valence-corrected chi connectivity index (χ0v) is 16.8. The summed E-state index contributed by atoms with van der Waals surface area (Å²) < 4.78 is 30.5. The molecule has 1 heterocycles. The molecule has 0 aliphatic rings. The van der Waals surface area contributed by atoms with Crippen LogP contribution in [0.5, 0.6) is 5.75 Å². The molecule has 0 saturated heterocycles. The Hall–Kier alpha value is -3.48. The highest BCUT2D eigenvalue weighted by Crippen LogP contribution is 2.19. The van der Waals surface area contributed by atoms with Gasteiger partial charge in [0.25, 0.3) is 0 Å². The van der Waals surface area contributed by atoms with Crippen LogP contribution in [0, 0.1) is 13.8 Å². The van der Waals surface area contributed by atoms with E-state index in [0.717, 1.165) is 28.2 Å². The summed E-state index contributed by atoms with van der Waals surface area (Å²) in [4.78, 5) is 12.2. The van der Waals surface area contributed by atoms with Crippen molar-refractivity contribution in [2.24, 2.45) is 0 Å². The smallest absolute Gasteiger partial charge is 0.387 e. The summed E-state index contributed by atoms with van der Waals surface area (Å²) in [5.41, 5.74) is 4.58. The molecule has 0 bridgehead atoms. The van der Waals surface area contributed by atoms with E-state index < -0.39 is 6.61 Å². The molecule has 2 aromatic carbocycles. The van der Waals surface area contributed by atoms with E-state index in [1.807, 2.05) is 48.9 Å². The second kappa shape index (κ2) is 9.82. The van der Waals surface area contributed by atoms with Crippen molar-refractivity contribution >= 4 is 12.0 Å². The first-order chi connectivity index (χ1) is 14.4. The molecule has 3 rings (SSSR count). The van der Waals surface area contributed by atoms with Gasteiger partial charge in [-0.2, -0.15) is 13.9 Å². The van der Waals surface area contributed by atoms with Gasteiger partial charge in [-0.25, -0.2) is 4.68 Å². The number of halogens is 2. The fraction of sp³-hybridized carbons (Fsp3) is 0.217. The van der Waals surface area contributed by atoms with Crippen LogP contribution < -0.4 is 10.1 Å². The van der Waals surface area contributed by atoms with E-state index in [0.29, 0.717) is 13.0 Å². The molecule has 5 nitrogen and oxygen atoms in total. The number of hydrogen-bond acceptors (Lipinski definition) is 3. The third-order valence-corrected chi connectivity index (χ3v) is 4.61. The molecule has 0 unspecified atom stereocenters. The topological polar surface area (TPSA) is 56.2 Å². The van der Waals surface area contributed by atoms with Gasteiger partial charge in [0, 0.05) is 23.9 Å². The highest BCUT2D eigenvalue weighted by atomic mass is 19.3. The van der Waals surface area contributed by atoms with Crippen molar-refractivity contribution in [1.82, 2.24) is 15.1 Å². The molecule has 0 aliphatic carbocycles. The number of nitrogens with one attached hydrogen (secondary N) is 1. The predicted molar refractivity (Wildman–Crippen MR) is 112 cm³/mol. The van der Waals surface area contributed by atoms with Gasteiger partial charge in [-0.1, -0.05) is 30.3 Å². The van der Waals surface area contributed by atoms with E-state index in [4.69, 9.17) is 0 Å². The molecule has 0 aliphatic heterocycles. The Morgan fingerprint density at radius 3 is 2.50 bits per heavy atom. The number of carbonyl (C=O) groups excluding carboxylic acids is 1. The second-order valence-electron chi connectivity index (χ2n) is 6.73. The number of hydrogen-bond donors (Lipinski definition) is 1. The van der Waals surface area contributed by atoms with E-state index in [1.54, 1.807) is 18.2 Å². The molecule has 1 aromatic heterocycles. The van der Waals surface area contributed by atoms with Crippen LogP contribution in [0.2, 0.25) is 0 Å². The number of amides is 1. The number of aryl methyl sites for hydroxylation is 1. The predicted octanol–water partition coefficient (Wildman–Crippen LogP) is 4.46. The standard InChI is InChI=1S/C23H23F2N3O2/c1-16-21(17(2)28(27-16)19-6-4-3-5-7-19)12-13-22(29)26-15-14-18-8-10-20(11-9-18)30-23(24)25/h3-13,23H,14-15H2,1-2H3,(H,26,29)/b13-12+. The Bertz CT molecular complexity index is 1010. The number of ether oxygens (including phenoxy) is 1. The summed E-state index contributed by atoms with van der Waals surface area (Å²) in [6, 6.07) is 16.2. The Kier molecular flexibility index (Phi) is 6.95. The first-order valence-corrected chi connectivity index (χ1v) is 9.55. The maximum Gasteiger partial charge on any atom is 0.387 e. The number of carbonyl (C=O) groups is 1. The van der Waals surface area contributed by atoms with Crippen LogP contribution in [0.1, 0.15) is 22.5 Å². The molecule has 0 saturated carbocycles. The van der Waals surface area contributed by atoms with E-state index >= 15 is 0 Å². The lowest BCUT2D eigenvalue weighted by atomic mass is 10.1. The fourth-order valence-corrected chi connectivity index (χ4v) is 3.10. The van der Waals surface area contributed by atoms with Crippen LogP contribution in [-0.4, -0.2) is 28.8 Å². The molecule has 0 radical (unpaired) electrons. The van der Waals surface area contributed by atoms with E-state index in [-0.39, 0.29) is 11.7 Å². The molecular formula is C23H23F2N3O2. The number of benzene rings is 2. The highest BCUT2D eigenvalue weighted by molar-refractivity contribution is 5.92. The molecule has 1 N–H and O–H groups in total. The monoisotopic (exact) mass is 411 g/mol. The molecule has 0 atom stereocenters. The second-order valence-corrected chi connectivity index (χ2v) is 6.73. The summed E-state index contributed by atoms with van der Waals surface area (Å²) >= 11 is 0. The lowest BCUT2D eigenvalue weighted by Gasteiger charge is -2.06. The van der Waals surface area contributed by atoms with Crippen LogP contribution in [0.4, 0.5) is 8.78 Å². The first kappa shape index (κ1) is 21.2. The van der Waals surface area contributed by atoms with Gasteiger partial charge in [0.05, 0.1) is 11.4 Å². The Labute approximate surface area is 174 Å². The highest BCUT2D eigenvalue weighted by Gasteiger charge is 2.10. The quantitative estimate of drug-likeness (QED) is 0.557. The summed E-state index contributed by atoms with van der Waals surface area (Å²) in [6.07, 6.45) is 3.84. The van der Waals surface area contributed by atoms with Gasteiger partial charge >= 0.3 is 6.61 Å². The minimum Gasteiger partial charge on any atom is -0.435 e. The molecule has 7 heteroatoms. The lowest BCUT2D eigenvalue weighted by molar-refractivity contribution is -0.116. The van der Waals surface area contributed by atoms with Crippen molar-refractivity contribution in [3.63, 3.8) is 0 Å². The van der Waals surface area contributed by atoms with Crippen molar-refractivity contribution in [2.75, 3.05) is 6.54 Å². The van der Waals surface area contributed by atoms with Crippen LogP contribution in [-0.2, 0) is 11.2 Å². The summed E-state index contributed by atoms with van der Waals surface area (Å²) in [5, 5.41) is 7.38. The van der Waals surface area contributed by atoms with Gasteiger partial charge in [0.2, 0.25) is 5.91 Å². The number of aromatic nitrogens is 2. The van der Waals surface area contributed by atoms with E-state index in [1.165, 1.54) is 18.2 Å². The summed E-state index contributed by atoms with van der Waals surface area (Å²) in [7, 11) is 0. The molecule has 30 heavy (non-hydrogen) atoms. The van der Waals surface area contributed by atoms with Crippen LogP contribution in [0.25, 0.3) is 11.8 Å². The number of para-hydroxylation sites is 1. The fourth-order valence-electron chi connectivity index (χ4n) is 3.10. The first-order valence-electron chi connectivity index (χ1n) is 9.55. The molecule has 3 aromatic rings. The SMILES string of the molecule is Cc1nn(-c2ccccc2)c(C)c1/C=C/C(=O)NCCc1ccc(OC(F)F)cc1. The van der Waals surface area contributed by atoms with Crippen LogP contribution in [0.3, 0.4) is 0 Å². The van der Waals surface area contributed by atoms with Gasteiger partial charge in [-0.15, -0.1) is 0 Å². The number of alkyl halides is 2. The van der Waals surface area contributed by atoms with Gasteiger partial charge in [-0.3, -0.25) is 4.79 Å². The zero-order valence-electron chi connectivity index (χ0n) is 16.8. The van der Waals surface area contributed by atoms with Crippen molar-refractivity contribution in [3.8, 4) is 11.4 Å². The molecule has 156 valence electrons. The zero-order chi connectivity index (χ0) is 21.5. The van der Waals surface area contributed by atoms with E-state index in [2.05, 4.69) is 15.2 Å². The van der Waals surface area contributed by atoms with Crippen molar-refractivity contribution in [1.29, 1.82) is 0 Å². The third-order valence-electron chi connectivity index (χ3n) is 4.61. The summed E-state index contributed by atoms with van der Waals surface area (Å²) in [5.74, 6) is -0.0959. The third kappa shape index (κ3) is 5.53. The van der Waals surface area contributed by atoms with E-state index in [9.17, 15) is 13.6 Å². The average Bonchev–Trinajstić information content (AvgIpc) is 3.01.